The number of hydrogen-bond acceptors (Lipinski definition) is 0. The van der Waals surface area contributed by atoms with Crippen molar-refractivity contribution >= 4 is 0 Å². The van der Waals surface area contributed by atoms with Crippen molar-refractivity contribution in [3.05, 3.63) is 36.0 Å². The molecule has 0 bridgehead atoms. The van der Waals surface area contributed by atoms with Gasteiger partial charge in [-0.15, -0.1) is 0 Å². The summed E-state index contributed by atoms with van der Waals surface area (Å²) in [5.74, 6) is 1.52. The molecule has 0 aliphatic heterocycles. The average molecular weight is 132 g/mol. The van der Waals surface area contributed by atoms with Crippen molar-refractivity contribution in [2.24, 2.45) is 11.8 Å². The van der Waals surface area contributed by atoms with Gasteiger partial charge in [-0.1, -0.05) is 37.3 Å². The Hall–Kier alpha value is -0.780. The molecule has 52 valence electrons. The fourth-order valence-corrected chi connectivity index (χ4v) is 1.79. The van der Waals surface area contributed by atoms with Crippen molar-refractivity contribution in [3.8, 4) is 0 Å². The van der Waals surface area contributed by atoms with E-state index in [0.29, 0.717) is 0 Å². The standard InChI is InChI=1S/C10H12/c1-8-6-9-4-2-3-5-10(9)7-8/h2-6,8,10H,7H2,1H3. The van der Waals surface area contributed by atoms with Gasteiger partial charge in [0.1, 0.15) is 0 Å². The van der Waals surface area contributed by atoms with Crippen molar-refractivity contribution in [1.29, 1.82) is 0 Å². The van der Waals surface area contributed by atoms with Crippen LogP contribution in [0.1, 0.15) is 13.3 Å². The normalized spacial score (nSPS) is 35.9. The fourth-order valence-electron chi connectivity index (χ4n) is 1.79. The first-order valence-electron chi connectivity index (χ1n) is 3.93. The summed E-state index contributed by atoms with van der Waals surface area (Å²) in [4.78, 5) is 0. The lowest BCUT2D eigenvalue weighted by Crippen LogP contribution is -1.96. The van der Waals surface area contributed by atoms with Gasteiger partial charge in [0.15, 0.2) is 0 Å². The Morgan fingerprint density at radius 3 is 3.10 bits per heavy atom. The van der Waals surface area contributed by atoms with Crippen LogP contribution in [0.5, 0.6) is 0 Å². The van der Waals surface area contributed by atoms with E-state index in [0.717, 1.165) is 11.8 Å². The summed E-state index contributed by atoms with van der Waals surface area (Å²) in [6.45, 7) is 2.28. The Morgan fingerprint density at radius 1 is 1.40 bits per heavy atom. The second-order valence-corrected chi connectivity index (χ2v) is 3.23. The molecule has 0 aromatic carbocycles. The maximum absolute atomic E-state index is 2.38. The van der Waals surface area contributed by atoms with E-state index in [-0.39, 0.29) is 0 Å². The number of rotatable bonds is 0. The molecule has 0 N–H and O–H groups in total. The minimum atomic E-state index is 0.736. The van der Waals surface area contributed by atoms with E-state index in [1.807, 2.05) is 0 Å². The lowest BCUT2D eigenvalue weighted by Gasteiger charge is -2.08. The molecular formula is C10H12. The van der Waals surface area contributed by atoms with Crippen LogP contribution in [0, 0.1) is 11.8 Å². The smallest absolute Gasteiger partial charge is 0.00235 e. The molecule has 0 saturated heterocycles. The van der Waals surface area contributed by atoms with Crippen molar-refractivity contribution in [2.45, 2.75) is 13.3 Å². The zero-order valence-electron chi connectivity index (χ0n) is 6.25. The Morgan fingerprint density at radius 2 is 2.30 bits per heavy atom. The van der Waals surface area contributed by atoms with Gasteiger partial charge < -0.3 is 0 Å². The first kappa shape index (κ1) is 5.96. The molecule has 2 unspecified atom stereocenters. The van der Waals surface area contributed by atoms with Crippen molar-refractivity contribution in [1.82, 2.24) is 0 Å². The van der Waals surface area contributed by atoms with Crippen LogP contribution in [-0.4, -0.2) is 0 Å². The molecule has 0 spiro atoms. The van der Waals surface area contributed by atoms with E-state index in [4.69, 9.17) is 0 Å². The van der Waals surface area contributed by atoms with Gasteiger partial charge in [0.2, 0.25) is 0 Å². The Balaban J connectivity index is 2.29. The highest BCUT2D eigenvalue weighted by Gasteiger charge is 2.20. The molecular weight excluding hydrogens is 120 g/mol. The summed E-state index contributed by atoms with van der Waals surface area (Å²) < 4.78 is 0. The molecule has 0 aromatic heterocycles. The summed E-state index contributed by atoms with van der Waals surface area (Å²) >= 11 is 0. The van der Waals surface area contributed by atoms with Gasteiger partial charge in [0.05, 0.1) is 0 Å². The molecule has 2 aliphatic rings. The molecule has 0 heterocycles. The van der Waals surface area contributed by atoms with Crippen molar-refractivity contribution in [3.63, 3.8) is 0 Å². The van der Waals surface area contributed by atoms with Crippen LogP contribution in [0.3, 0.4) is 0 Å². The van der Waals surface area contributed by atoms with E-state index in [9.17, 15) is 0 Å². The zero-order chi connectivity index (χ0) is 6.97. The number of allylic oxidation sites excluding steroid dienone is 6. The highest BCUT2D eigenvalue weighted by molar-refractivity contribution is 5.36. The first-order valence-corrected chi connectivity index (χ1v) is 3.93. The molecule has 0 nitrogen and oxygen atoms in total. The number of fused-ring (bicyclic) bond motifs is 1. The Bertz CT molecular complexity index is 218. The monoisotopic (exact) mass is 132 g/mol. The van der Waals surface area contributed by atoms with Crippen LogP contribution in [0.2, 0.25) is 0 Å². The molecule has 2 atom stereocenters. The van der Waals surface area contributed by atoms with Crippen LogP contribution in [0.4, 0.5) is 0 Å². The number of hydrogen-bond donors (Lipinski definition) is 0. The van der Waals surface area contributed by atoms with E-state index in [2.05, 4.69) is 37.3 Å². The van der Waals surface area contributed by atoms with Crippen molar-refractivity contribution < 1.29 is 0 Å². The average Bonchev–Trinajstić information content (AvgIpc) is 2.27. The SMILES string of the molecule is CC1C=C2C=CC=CC2C1. The second kappa shape index (κ2) is 2.12. The van der Waals surface area contributed by atoms with E-state index in [1.165, 1.54) is 12.0 Å². The van der Waals surface area contributed by atoms with E-state index in [1.54, 1.807) is 0 Å². The Labute approximate surface area is 61.9 Å². The molecule has 0 fully saturated rings. The van der Waals surface area contributed by atoms with Gasteiger partial charge in [-0.3, -0.25) is 0 Å². The van der Waals surface area contributed by atoms with Crippen LogP contribution in [0.15, 0.2) is 36.0 Å². The first-order chi connectivity index (χ1) is 4.86. The second-order valence-electron chi connectivity index (χ2n) is 3.23. The van der Waals surface area contributed by atoms with Gasteiger partial charge in [-0.2, -0.15) is 0 Å². The molecule has 0 heteroatoms. The summed E-state index contributed by atoms with van der Waals surface area (Å²) in [5, 5.41) is 0. The summed E-state index contributed by atoms with van der Waals surface area (Å²) in [6.07, 6.45) is 12.5. The van der Waals surface area contributed by atoms with Crippen LogP contribution < -0.4 is 0 Å². The van der Waals surface area contributed by atoms with E-state index < -0.39 is 0 Å². The van der Waals surface area contributed by atoms with Crippen molar-refractivity contribution in [2.75, 3.05) is 0 Å². The summed E-state index contributed by atoms with van der Waals surface area (Å²) in [5.41, 5.74) is 1.52. The van der Waals surface area contributed by atoms with Crippen LogP contribution >= 0.6 is 0 Å². The molecule has 0 amide bonds. The van der Waals surface area contributed by atoms with Gasteiger partial charge in [0.25, 0.3) is 0 Å². The minimum absolute atomic E-state index is 0.736. The van der Waals surface area contributed by atoms with Crippen LogP contribution in [0.25, 0.3) is 0 Å². The maximum Gasteiger partial charge on any atom is 0.00235 e. The highest BCUT2D eigenvalue weighted by atomic mass is 14.2. The van der Waals surface area contributed by atoms with Gasteiger partial charge in [0, 0.05) is 5.92 Å². The topological polar surface area (TPSA) is 0 Å². The largest absolute Gasteiger partial charge is 0.0778 e. The fraction of sp³-hybridized carbons (Fsp3) is 0.400. The molecule has 10 heavy (non-hydrogen) atoms. The third-order valence-electron chi connectivity index (χ3n) is 2.27. The highest BCUT2D eigenvalue weighted by Crippen LogP contribution is 2.33. The molecule has 2 aliphatic carbocycles. The molecule has 0 saturated carbocycles. The third-order valence-corrected chi connectivity index (χ3v) is 2.27. The quantitative estimate of drug-likeness (QED) is 0.475. The Kier molecular flexibility index (Phi) is 1.26. The predicted octanol–water partition coefficient (Wildman–Crippen LogP) is 2.69. The lowest BCUT2D eigenvalue weighted by molar-refractivity contribution is 0.621. The zero-order valence-corrected chi connectivity index (χ0v) is 6.25. The minimum Gasteiger partial charge on any atom is -0.0778 e. The molecule has 0 radical (unpaired) electrons. The summed E-state index contributed by atoms with van der Waals surface area (Å²) in [6, 6.07) is 0. The summed E-state index contributed by atoms with van der Waals surface area (Å²) in [7, 11) is 0. The van der Waals surface area contributed by atoms with Gasteiger partial charge >= 0.3 is 0 Å². The molecule has 2 rings (SSSR count). The lowest BCUT2D eigenvalue weighted by atomic mass is 9.96. The maximum atomic E-state index is 2.38. The van der Waals surface area contributed by atoms with E-state index >= 15 is 0 Å². The van der Waals surface area contributed by atoms with Gasteiger partial charge in [-0.25, -0.2) is 0 Å². The van der Waals surface area contributed by atoms with Gasteiger partial charge in [-0.05, 0) is 17.9 Å². The predicted molar refractivity (Wildman–Crippen MR) is 43.6 cm³/mol. The third kappa shape index (κ3) is 0.841. The van der Waals surface area contributed by atoms with Crippen LogP contribution in [-0.2, 0) is 0 Å². The molecule has 0 aromatic rings.